The number of aliphatic hydroxyl groups is 1. The van der Waals surface area contributed by atoms with Crippen LogP contribution >= 0.6 is 0 Å². The van der Waals surface area contributed by atoms with Gasteiger partial charge in [-0.05, 0) is 6.92 Å². The van der Waals surface area contributed by atoms with Crippen molar-refractivity contribution in [1.29, 1.82) is 0 Å². The number of nitrogens with one attached hydrogen (secondary N) is 3. The van der Waals surface area contributed by atoms with Gasteiger partial charge in [-0.15, -0.1) is 0 Å². The highest BCUT2D eigenvalue weighted by molar-refractivity contribution is 7.92. The van der Waals surface area contributed by atoms with Crippen molar-refractivity contribution < 1.29 is 13.5 Å². The Morgan fingerprint density at radius 3 is 2.88 bits per heavy atom. The number of hydrogen-bond acceptors (Lipinski definition) is 5. The van der Waals surface area contributed by atoms with Crippen LogP contribution in [0.15, 0.2) is 17.4 Å². The topological polar surface area (TPSA) is 124 Å². The lowest BCUT2D eigenvalue weighted by Crippen LogP contribution is -2.15. The molecule has 0 aliphatic heterocycles. The molecule has 0 fully saturated rings. The van der Waals surface area contributed by atoms with Gasteiger partial charge in [0.15, 0.2) is 0 Å². The molecule has 2 aromatic rings. The van der Waals surface area contributed by atoms with Gasteiger partial charge < -0.3 is 5.11 Å². The lowest BCUT2D eigenvalue weighted by atomic mass is 10.3. The van der Waals surface area contributed by atoms with Gasteiger partial charge in [-0.25, -0.2) is 0 Å². The third-order valence-corrected chi connectivity index (χ3v) is 3.55. The molecule has 92 valence electrons. The van der Waals surface area contributed by atoms with Crippen LogP contribution in [-0.2, 0) is 16.6 Å². The number of aliphatic hydroxyl groups excluding tert-OH is 1. The molecule has 2 rings (SSSR count). The number of aryl methyl sites for hydroxylation is 1. The van der Waals surface area contributed by atoms with Crippen LogP contribution in [0.2, 0.25) is 0 Å². The minimum absolute atomic E-state index is 0.210. The number of sulfonamides is 1. The molecule has 0 aliphatic rings. The van der Waals surface area contributed by atoms with Crippen LogP contribution in [-0.4, -0.2) is 33.9 Å². The summed E-state index contributed by atoms with van der Waals surface area (Å²) in [6, 6.07) is 0. The molecule has 0 spiro atoms. The predicted molar refractivity (Wildman–Crippen MR) is 58.6 cm³/mol. The van der Waals surface area contributed by atoms with Crippen molar-refractivity contribution in [3.8, 4) is 0 Å². The smallest absolute Gasteiger partial charge is 0.281 e. The van der Waals surface area contributed by atoms with Crippen molar-refractivity contribution >= 4 is 15.7 Å². The molecule has 8 nitrogen and oxygen atoms in total. The summed E-state index contributed by atoms with van der Waals surface area (Å²) in [6.45, 7) is 1.24. The van der Waals surface area contributed by atoms with Crippen LogP contribution in [0.1, 0.15) is 11.3 Å². The van der Waals surface area contributed by atoms with E-state index in [1.54, 1.807) is 6.92 Å². The second-order valence-electron chi connectivity index (χ2n) is 3.38. The molecule has 0 saturated heterocycles. The molecule has 0 aliphatic carbocycles. The number of aromatic amines is 2. The maximum absolute atomic E-state index is 11.9. The number of anilines is 1. The third-order valence-electron chi connectivity index (χ3n) is 2.20. The van der Waals surface area contributed by atoms with Gasteiger partial charge >= 0.3 is 0 Å². The standard InChI is InChI=1S/C8H11N5O3S/c1-5-7(4-14)8(12-11-5)17(15,16)13-6-2-9-10-3-6/h2-3,13-14H,4H2,1H3,(H,9,10)(H,11,12). The van der Waals surface area contributed by atoms with E-state index >= 15 is 0 Å². The summed E-state index contributed by atoms with van der Waals surface area (Å²) in [5.74, 6) is 0. The summed E-state index contributed by atoms with van der Waals surface area (Å²) in [4.78, 5) is 0. The highest BCUT2D eigenvalue weighted by Gasteiger charge is 2.23. The Labute approximate surface area is 97.1 Å². The van der Waals surface area contributed by atoms with Gasteiger partial charge in [-0.2, -0.15) is 18.6 Å². The molecule has 17 heavy (non-hydrogen) atoms. The summed E-state index contributed by atoms with van der Waals surface area (Å²) in [6.07, 6.45) is 2.73. The molecule has 2 heterocycles. The van der Waals surface area contributed by atoms with E-state index in [0.717, 1.165) is 0 Å². The molecule has 0 aromatic carbocycles. The van der Waals surface area contributed by atoms with E-state index in [1.807, 2.05) is 0 Å². The van der Waals surface area contributed by atoms with Crippen LogP contribution in [0.5, 0.6) is 0 Å². The fourth-order valence-corrected chi connectivity index (χ4v) is 2.58. The Kier molecular flexibility index (Phi) is 2.86. The largest absolute Gasteiger partial charge is 0.392 e. The Bertz CT molecular complexity index is 601. The second kappa shape index (κ2) is 4.18. The summed E-state index contributed by atoms with van der Waals surface area (Å²) in [7, 11) is -3.82. The minimum atomic E-state index is -3.82. The van der Waals surface area contributed by atoms with E-state index in [1.165, 1.54) is 12.4 Å². The SMILES string of the molecule is Cc1[nH]nc(S(=O)(=O)Nc2cn[nH]c2)c1CO. The summed E-state index contributed by atoms with van der Waals surface area (Å²) in [5.41, 5.74) is 1.07. The number of hydrogen-bond donors (Lipinski definition) is 4. The number of aromatic nitrogens is 4. The van der Waals surface area contributed by atoms with E-state index < -0.39 is 16.6 Å². The van der Waals surface area contributed by atoms with E-state index in [0.29, 0.717) is 11.4 Å². The Hall–Kier alpha value is -1.87. The van der Waals surface area contributed by atoms with Crippen molar-refractivity contribution in [1.82, 2.24) is 20.4 Å². The summed E-state index contributed by atoms with van der Waals surface area (Å²) < 4.78 is 26.2. The fourth-order valence-electron chi connectivity index (χ4n) is 1.35. The van der Waals surface area contributed by atoms with Gasteiger partial charge in [0.1, 0.15) is 0 Å². The fraction of sp³-hybridized carbons (Fsp3) is 0.250. The monoisotopic (exact) mass is 257 g/mol. The highest BCUT2D eigenvalue weighted by atomic mass is 32.2. The molecule has 0 amide bonds. The average molecular weight is 257 g/mol. The molecule has 4 N–H and O–H groups in total. The first-order valence-electron chi connectivity index (χ1n) is 4.71. The molecule has 9 heteroatoms. The lowest BCUT2D eigenvalue weighted by molar-refractivity contribution is 0.277. The third kappa shape index (κ3) is 2.15. The number of H-pyrrole nitrogens is 2. The Morgan fingerprint density at radius 1 is 1.53 bits per heavy atom. The quantitative estimate of drug-likeness (QED) is 0.600. The minimum Gasteiger partial charge on any atom is -0.392 e. The first-order valence-corrected chi connectivity index (χ1v) is 6.19. The molecule has 0 unspecified atom stereocenters. The van der Waals surface area contributed by atoms with Crippen LogP contribution in [0.4, 0.5) is 5.69 Å². The zero-order valence-electron chi connectivity index (χ0n) is 8.93. The maximum Gasteiger partial charge on any atom is 0.281 e. The lowest BCUT2D eigenvalue weighted by Gasteiger charge is -2.04. The summed E-state index contributed by atoms with van der Waals surface area (Å²) in [5, 5.41) is 21.2. The van der Waals surface area contributed by atoms with Crippen molar-refractivity contribution in [2.24, 2.45) is 0 Å². The van der Waals surface area contributed by atoms with Gasteiger partial charge in [0.05, 0.1) is 18.5 Å². The van der Waals surface area contributed by atoms with Crippen molar-refractivity contribution in [3.05, 3.63) is 23.7 Å². The summed E-state index contributed by atoms with van der Waals surface area (Å²) >= 11 is 0. The van der Waals surface area contributed by atoms with Crippen LogP contribution in [0.25, 0.3) is 0 Å². The molecule has 0 atom stereocenters. The van der Waals surface area contributed by atoms with E-state index in [9.17, 15) is 8.42 Å². The van der Waals surface area contributed by atoms with Crippen molar-refractivity contribution in [3.63, 3.8) is 0 Å². The number of nitrogens with zero attached hydrogens (tertiary/aromatic N) is 2. The number of rotatable bonds is 4. The maximum atomic E-state index is 11.9. The molecular formula is C8H11N5O3S. The van der Waals surface area contributed by atoms with Crippen molar-refractivity contribution in [2.45, 2.75) is 18.6 Å². The Morgan fingerprint density at radius 2 is 2.29 bits per heavy atom. The highest BCUT2D eigenvalue weighted by Crippen LogP contribution is 2.18. The second-order valence-corrected chi connectivity index (χ2v) is 4.98. The van der Waals surface area contributed by atoms with Crippen LogP contribution in [0.3, 0.4) is 0 Å². The van der Waals surface area contributed by atoms with Gasteiger partial charge in [0, 0.05) is 17.5 Å². The molecule has 0 saturated carbocycles. The molecular weight excluding hydrogens is 246 g/mol. The van der Waals surface area contributed by atoms with E-state index in [4.69, 9.17) is 5.11 Å². The molecule has 2 aromatic heterocycles. The first-order chi connectivity index (χ1) is 8.04. The van der Waals surface area contributed by atoms with Crippen LogP contribution < -0.4 is 4.72 Å². The average Bonchev–Trinajstić information content (AvgIpc) is 2.86. The van der Waals surface area contributed by atoms with Crippen LogP contribution in [0, 0.1) is 6.92 Å². The normalized spacial score (nSPS) is 11.6. The zero-order valence-corrected chi connectivity index (χ0v) is 9.74. The molecule has 0 bridgehead atoms. The van der Waals surface area contributed by atoms with Gasteiger partial charge in [-0.3, -0.25) is 14.9 Å². The Balaban J connectivity index is 2.38. The zero-order chi connectivity index (χ0) is 12.5. The van der Waals surface area contributed by atoms with Gasteiger partial charge in [0.2, 0.25) is 5.03 Å². The molecule has 0 radical (unpaired) electrons. The van der Waals surface area contributed by atoms with E-state index in [-0.39, 0.29) is 10.6 Å². The first kappa shape index (κ1) is 11.6. The van der Waals surface area contributed by atoms with Gasteiger partial charge in [0.25, 0.3) is 10.0 Å². The van der Waals surface area contributed by atoms with Gasteiger partial charge in [-0.1, -0.05) is 0 Å². The van der Waals surface area contributed by atoms with E-state index in [2.05, 4.69) is 25.1 Å². The van der Waals surface area contributed by atoms with Crippen molar-refractivity contribution in [2.75, 3.05) is 4.72 Å². The predicted octanol–water partition coefficient (Wildman–Crippen LogP) is -0.266.